The molecule has 0 aliphatic carbocycles. The molecule has 0 spiro atoms. The van der Waals surface area contributed by atoms with Crippen molar-refractivity contribution in [3.05, 3.63) is 0 Å². The highest BCUT2D eigenvalue weighted by Gasteiger charge is 2.22. The van der Waals surface area contributed by atoms with Gasteiger partial charge in [0.25, 0.3) is 0 Å². The van der Waals surface area contributed by atoms with Crippen LogP contribution >= 0.6 is 12.6 Å². The summed E-state index contributed by atoms with van der Waals surface area (Å²) in [5, 5.41) is 0. The number of piperazine rings is 1. The van der Waals surface area contributed by atoms with Gasteiger partial charge in [-0.2, -0.15) is 12.6 Å². The number of likely N-dealkylation sites (N-methyl/N-ethyl adjacent to an activating group) is 1. The van der Waals surface area contributed by atoms with Crippen molar-refractivity contribution in [1.29, 1.82) is 0 Å². The van der Waals surface area contributed by atoms with Crippen LogP contribution in [0.15, 0.2) is 0 Å². The Morgan fingerprint density at radius 2 is 2.13 bits per heavy atom. The van der Waals surface area contributed by atoms with E-state index in [9.17, 15) is 0 Å². The summed E-state index contributed by atoms with van der Waals surface area (Å²) in [5.41, 5.74) is 0. The lowest BCUT2D eigenvalue weighted by Crippen LogP contribution is -2.51. The molecule has 1 rings (SSSR count). The third-order valence-corrected chi connectivity index (χ3v) is 4.03. The molecule has 1 aliphatic heterocycles. The summed E-state index contributed by atoms with van der Waals surface area (Å²) in [6, 6.07) is 0.709. The van der Waals surface area contributed by atoms with Gasteiger partial charge in [-0.25, -0.2) is 0 Å². The van der Waals surface area contributed by atoms with E-state index in [4.69, 9.17) is 0 Å². The lowest BCUT2D eigenvalue weighted by Gasteiger charge is -2.39. The van der Waals surface area contributed by atoms with Gasteiger partial charge in [-0.05, 0) is 32.1 Å². The molecule has 0 N–H and O–H groups in total. The molecule has 1 fully saturated rings. The first-order chi connectivity index (χ1) is 7.17. The van der Waals surface area contributed by atoms with Crippen LogP contribution < -0.4 is 0 Å². The third-order valence-electron chi connectivity index (χ3n) is 3.52. The van der Waals surface area contributed by atoms with Gasteiger partial charge in [0, 0.05) is 32.2 Å². The summed E-state index contributed by atoms with van der Waals surface area (Å²) in [5.74, 6) is 1.82. The van der Waals surface area contributed by atoms with E-state index in [0.29, 0.717) is 6.04 Å². The summed E-state index contributed by atoms with van der Waals surface area (Å²) >= 11 is 4.45. The molecule has 2 unspecified atom stereocenters. The van der Waals surface area contributed by atoms with Gasteiger partial charge in [0.15, 0.2) is 0 Å². The van der Waals surface area contributed by atoms with Crippen LogP contribution in [0.4, 0.5) is 0 Å². The number of thiol groups is 1. The largest absolute Gasteiger partial charge is 0.301 e. The fourth-order valence-electron chi connectivity index (χ4n) is 2.30. The van der Waals surface area contributed by atoms with E-state index in [1.54, 1.807) is 0 Å². The number of nitrogens with zero attached hydrogens (tertiary/aromatic N) is 2. The van der Waals surface area contributed by atoms with Gasteiger partial charge >= 0.3 is 0 Å². The van der Waals surface area contributed by atoms with Gasteiger partial charge in [-0.15, -0.1) is 0 Å². The molecule has 1 heterocycles. The normalized spacial score (nSPS) is 26.8. The highest BCUT2D eigenvalue weighted by Crippen LogP contribution is 2.14. The van der Waals surface area contributed by atoms with Crippen LogP contribution in [0.3, 0.4) is 0 Å². The van der Waals surface area contributed by atoms with Gasteiger partial charge < -0.3 is 9.80 Å². The fraction of sp³-hybridized carbons (Fsp3) is 1.00. The molecule has 0 aromatic carbocycles. The Morgan fingerprint density at radius 1 is 1.40 bits per heavy atom. The van der Waals surface area contributed by atoms with E-state index in [0.717, 1.165) is 11.7 Å². The predicted octanol–water partition coefficient (Wildman–Crippen LogP) is 1.97. The number of hydrogen-bond donors (Lipinski definition) is 1. The first-order valence-corrected chi connectivity index (χ1v) is 6.84. The minimum atomic E-state index is 0.709. The van der Waals surface area contributed by atoms with E-state index < -0.39 is 0 Å². The lowest BCUT2D eigenvalue weighted by atomic mass is 10.0. The van der Waals surface area contributed by atoms with Crippen molar-refractivity contribution in [2.24, 2.45) is 5.92 Å². The minimum Gasteiger partial charge on any atom is -0.301 e. The van der Waals surface area contributed by atoms with E-state index in [1.165, 1.54) is 39.0 Å². The molecule has 0 bridgehead atoms. The molecule has 2 atom stereocenters. The van der Waals surface area contributed by atoms with Gasteiger partial charge in [-0.1, -0.05) is 13.3 Å². The molecule has 2 nitrogen and oxygen atoms in total. The Morgan fingerprint density at radius 3 is 2.67 bits per heavy atom. The van der Waals surface area contributed by atoms with Crippen molar-refractivity contribution in [2.75, 3.05) is 39.0 Å². The molecule has 3 heteroatoms. The van der Waals surface area contributed by atoms with Gasteiger partial charge in [0.2, 0.25) is 0 Å². The van der Waals surface area contributed by atoms with Crippen molar-refractivity contribution in [3.63, 3.8) is 0 Å². The molecule has 0 amide bonds. The summed E-state index contributed by atoms with van der Waals surface area (Å²) < 4.78 is 0. The molecule has 0 saturated carbocycles. The maximum atomic E-state index is 4.45. The topological polar surface area (TPSA) is 6.48 Å². The average molecular weight is 230 g/mol. The maximum Gasteiger partial charge on any atom is 0.0192 e. The van der Waals surface area contributed by atoms with Crippen molar-refractivity contribution in [1.82, 2.24) is 9.80 Å². The van der Waals surface area contributed by atoms with Crippen LogP contribution in [0.2, 0.25) is 0 Å². The zero-order valence-electron chi connectivity index (χ0n) is 10.4. The molecule has 15 heavy (non-hydrogen) atoms. The molecular formula is C12H26N2S. The average Bonchev–Trinajstić information content (AvgIpc) is 2.23. The van der Waals surface area contributed by atoms with Crippen molar-refractivity contribution < 1.29 is 0 Å². The number of hydrogen-bond acceptors (Lipinski definition) is 3. The molecule has 0 radical (unpaired) electrons. The minimum absolute atomic E-state index is 0.709. The van der Waals surface area contributed by atoms with E-state index in [2.05, 4.69) is 43.3 Å². The number of rotatable bonds is 5. The molecule has 1 saturated heterocycles. The quantitative estimate of drug-likeness (QED) is 0.722. The highest BCUT2D eigenvalue weighted by atomic mass is 32.1. The Hall–Kier alpha value is 0.270. The molecule has 1 aliphatic rings. The second-order valence-electron chi connectivity index (χ2n) is 4.93. The Balaban J connectivity index is 2.31. The van der Waals surface area contributed by atoms with E-state index >= 15 is 0 Å². The van der Waals surface area contributed by atoms with E-state index in [-0.39, 0.29) is 0 Å². The summed E-state index contributed by atoms with van der Waals surface area (Å²) in [4.78, 5) is 5.06. The van der Waals surface area contributed by atoms with Crippen LogP contribution in [0, 0.1) is 5.92 Å². The summed E-state index contributed by atoms with van der Waals surface area (Å²) in [7, 11) is 2.23. The zero-order chi connectivity index (χ0) is 11.3. The fourth-order valence-corrected chi connectivity index (χ4v) is 2.60. The maximum absolute atomic E-state index is 4.45. The van der Waals surface area contributed by atoms with Crippen LogP contribution in [-0.2, 0) is 0 Å². The molecule has 0 aromatic heterocycles. The second-order valence-corrected chi connectivity index (χ2v) is 5.29. The van der Waals surface area contributed by atoms with Crippen LogP contribution in [0.25, 0.3) is 0 Å². The van der Waals surface area contributed by atoms with E-state index in [1.807, 2.05) is 0 Å². The van der Waals surface area contributed by atoms with Crippen LogP contribution in [0.1, 0.15) is 26.7 Å². The van der Waals surface area contributed by atoms with Crippen molar-refractivity contribution in [2.45, 2.75) is 32.7 Å². The predicted molar refractivity (Wildman–Crippen MR) is 70.8 cm³/mol. The smallest absolute Gasteiger partial charge is 0.0192 e. The van der Waals surface area contributed by atoms with Gasteiger partial charge in [0.1, 0.15) is 0 Å². The van der Waals surface area contributed by atoms with Gasteiger partial charge in [0.05, 0.1) is 0 Å². The molecular weight excluding hydrogens is 204 g/mol. The second kappa shape index (κ2) is 6.77. The first kappa shape index (κ1) is 13.3. The molecule has 90 valence electrons. The van der Waals surface area contributed by atoms with Crippen molar-refractivity contribution >= 4 is 12.6 Å². The van der Waals surface area contributed by atoms with Crippen LogP contribution in [0.5, 0.6) is 0 Å². The monoisotopic (exact) mass is 230 g/mol. The lowest BCUT2D eigenvalue weighted by molar-refractivity contribution is 0.0937. The Bertz CT molecular complexity index is 175. The van der Waals surface area contributed by atoms with Gasteiger partial charge in [-0.3, -0.25) is 0 Å². The first-order valence-electron chi connectivity index (χ1n) is 6.20. The SMILES string of the molecule is CCCC(CS)CN1CCN(C)C(C)C1. The summed E-state index contributed by atoms with van der Waals surface area (Å²) in [6.07, 6.45) is 2.61. The third kappa shape index (κ3) is 4.33. The Labute approximate surface area is 100 Å². The van der Waals surface area contributed by atoms with Crippen molar-refractivity contribution in [3.8, 4) is 0 Å². The summed E-state index contributed by atoms with van der Waals surface area (Å²) in [6.45, 7) is 9.51. The highest BCUT2D eigenvalue weighted by molar-refractivity contribution is 7.80. The Kier molecular flexibility index (Phi) is 6.02. The standard InChI is InChI=1S/C12H26N2S/c1-4-5-12(10-15)9-14-7-6-13(3)11(2)8-14/h11-12,15H,4-10H2,1-3H3. The van der Waals surface area contributed by atoms with Crippen LogP contribution in [-0.4, -0.2) is 54.8 Å². The zero-order valence-corrected chi connectivity index (χ0v) is 11.3. The molecule has 0 aromatic rings.